The molecule has 2 atom stereocenters. The van der Waals surface area contributed by atoms with Gasteiger partial charge < -0.3 is 14.8 Å². The number of hydrogen-bond acceptors (Lipinski definition) is 5. The molecule has 17 heavy (non-hydrogen) atoms. The lowest BCUT2D eigenvalue weighted by Crippen LogP contribution is -2.08. The summed E-state index contributed by atoms with van der Waals surface area (Å²) in [6.07, 6.45) is 1.17. The minimum absolute atomic E-state index is 0.0379. The molecule has 1 aliphatic carbocycles. The minimum atomic E-state index is -0.880. The number of aliphatic hydroxyl groups is 1. The Balaban J connectivity index is 2.08. The number of aromatic nitrogens is 3. The first-order valence-electron chi connectivity index (χ1n) is 5.49. The maximum absolute atomic E-state index is 10.5. The standard InChI is InChI=1S/C10H15N3O3S/c1-6-2-7(6)3-13-8(4-14)11-12-10(13)17-5-9(15)16/h6-7,14H,2-5H2,1H3,(H,15,16). The molecule has 1 fully saturated rings. The van der Waals surface area contributed by atoms with E-state index < -0.39 is 5.97 Å². The molecule has 0 bridgehead atoms. The fourth-order valence-electron chi connectivity index (χ4n) is 1.74. The van der Waals surface area contributed by atoms with Crippen LogP contribution in [0.15, 0.2) is 5.16 Å². The predicted molar refractivity (Wildman–Crippen MR) is 61.6 cm³/mol. The number of carbonyl (C=O) groups is 1. The van der Waals surface area contributed by atoms with Crippen molar-refractivity contribution in [1.82, 2.24) is 14.8 Å². The smallest absolute Gasteiger partial charge is 0.313 e. The van der Waals surface area contributed by atoms with Crippen LogP contribution >= 0.6 is 11.8 Å². The lowest BCUT2D eigenvalue weighted by atomic mass is 10.3. The normalized spacial score (nSPS) is 22.7. The third kappa shape index (κ3) is 2.98. The van der Waals surface area contributed by atoms with Crippen molar-refractivity contribution in [3.63, 3.8) is 0 Å². The Kier molecular flexibility index (Phi) is 3.68. The number of thioether (sulfide) groups is 1. The molecule has 1 saturated carbocycles. The molecule has 7 heteroatoms. The number of aliphatic hydroxyl groups excluding tert-OH is 1. The predicted octanol–water partition coefficient (Wildman–Crippen LogP) is 0.603. The molecule has 1 heterocycles. The second kappa shape index (κ2) is 5.05. The molecule has 0 aromatic carbocycles. The van der Waals surface area contributed by atoms with Gasteiger partial charge in [0.1, 0.15) is 6.61 Å². The van der Waals surface area contributed by atoms with E-state index >= 15 is 0 Å². The first-order valence-corrected chi connectivity index (χ1v) is 6.48. The van der Waals surface area contributed by atoms with Gasteiger partial charge in [0.05, 0.1) is 5.75 Å². The topological polar surface area (TPSA) is 88.2 Å². The van der Waals surface area contributed by atoms with Crippen molar-refractivity contribution in [3.8, 4) is 0 Å². The summed E-state index contributed by atoms with van der Waals surface area (Å²) in [7, 11) is 0. The zero-order valence-electron chi connectivity index (χ0n) is 9.54. The molecule has 0 spiro atoms. The van der Waals surface area contributed by atoms with Gasteiger partial charge in [-0.2, -0.15) is 0 Å². The molecule has 1 aromatic rings. The fraction of sp³-hybridized carbons (Fsp3) is 0.700. The van der Waals surface area contributed by atoms with Gasteiger partial charge in [0.2, 0.25) is 0 Å². The summed E-state index contributed by atoms with van der Waals surface area (Å²) < 4.78 is 1.84. The summed E-state index contributed by atoms with van der Waals surface area (Å²) in [4.78, 5) is 10.5. The van der Waals surface area contributed by atoms with Crippen LogP contribution in [0.3, 0.4) is 0 Å². The summed E-state index contributed by atoms with van der Waals surface area (Å²) in [5, 5.41) is 26.2. The molecule has 0 radical (unpaired) electrons. The quantitative estimate of drug-likeness (QED) is 0.726. The number of nitrogens with zero attached hydrogens (tertiary/aromatic N) is 3. The summed E-state index contributed by atoms with van der Waals surface area (Å²) in [6.45, 7) is 2.78. The molecule has 0 amide bonds. The summed E-state index contributed by atoms with van der Waals surface area (Å²) in [6, 6.07) is 0. The number of rotatable bonds is 6. The lowest BCUT2D eigenvalue weighted by Gasteiger charge is -2.07. The van der Waals surface area contributed by atoms with Gasteiger partial charge in [-0.3, -0.25) is 4.79 Å². The lowest BCUT2D eigenvalue weighted by molar-refractivity contribution is -0.133. The SMILES string of the molecule is CC1CC1Cn1c(CO)nnc1SCC(=O)O. The van der Waals surface area contributed by atoms with E-state index in [9.17, 15) is 4.79 Å². The number of carboxylic acids is 1. The molecule has 2 N–H and O–H groups in total. The van der Waals surface area contributed by atoms with E-state index in [1.54, 1.807) is 0 Å². The van der Waals surface area contributed by atoms with Gasteiger partial charge in [-0.25, -0.2) is 0 Å². The van der Waals surface area contributed by atoms with Crippen LogP contribution in [-0.2, 0) is 17.9 Å². The maximum Gasteiger partial charge on any atom is 0.313 e. The third-order valence-corrected chi connectivity index (χ3v) is 3.90. The second-order valence-corrected chi connectivity index (χ2v) is 5.27. The molecule has 0 saturated heterocycles. The van der Waals surface area contributed by atoms with Gasteiger partial charge in [0.25, 0.3) is 0 Å². The van der Waals surface area contributed by atoms with Crippen molar-refractivity contribution in [2.24, 2.45) is 11.8 Å². The Morgan fingerprint density at radius 1 is 1.59 bits per heavy atom. The van der Waals surface area contributed by atoms with E-state index in [4.69, 9.17) is 10.2 Å². The summed E-state index contributed by atoms with van der Waals surface area (Å²) in [5.74, 6) is 0.887. The van der Waals surface area contributed by atoms with Crippen molar-refractivity contribution < 1.29 is 15.0 Å². The highest BCUT2D eigenvalue weighted by molar-refractivity contribution is 7.99. The van der Waals surface area contributed by atoms with Crippen LogP contribution < -0.4 is 0 Å². The van der Waals surface area contributed by atoms with E-state index in [2.05, 4.69) is 17.1 Å². The Bertz CT molecular complexity index is 421. The monoisotopic (exact) mass is 257 g/mol. The first-order chi connectivity index (χ1) is 8.11. The average Bonchev–Trinajstić information content (AvgIpc) is 2.84. The van der Waals surface area contributed by atoms with Crippen molar-refractivity contribution in [2.45, 2.75) is 31.7 Å². The molecule has 2 rings (SSSR count). The van der Waals surface area contributed by atoms with E-state index in [1.807, 2.05) is 4.57 Å². The summed E-state index contributed by atoms with van der Waals surface area (Å²) in [5.41, 5.74) is 0. The molecule has 0 aliphatic heterocycles. The number of carboxylic acid groups (broad SMARTS) is 1. The van der Waals surface area contributed by atoms with Gasteiger partial charge in [0.15, 0.2) is 11.0 Å². The van der Waals surface area contributed by atoms with Crippen LogP contribution in [0.5, 0.6) is 0 Å². The van der Waals surface area contributed by atoms with Crippen LogP contribution in [0.4, 0.5) is 0 Å². The molecule has 6 nitrogen and oxygen atoms in total. The van der Waals surface area contributed by atoms with E-state index in [0.29, 0.717) is 22.8 Å². The minimum Gasteiger partial charge on any atom is -0.481 e. The number of aliphatic carboxylic acids is 1. The Hall–Kier alpha value is -1.08. The van der Waals surface area contributed by atoms with Crippen LogP contribution in [0.2, 0.25) is 0 Å². The Labute approximate surface area is 103 Å². The highest BCUT2D eigenvalue weighted by Gasteiger charge is 2.34. The Morgan fingerprint density at radius 2 is 2.29 bits per heavy atom. The molecular formula is C10H15N3O3S. The van der Waals surface area contributed by atoms with Crippen LogP contribution in [0, 0.1) is 11.8 Å². The van der Waals surface area contributed by atoms with Crippen LogP contribution in [0.25, 0.3) is 0 Å². The zero-order valence-corrected chi connectivity index (χ0v) is 10.4. The number of hydrogen-bond donors (Lipinski definition) is 2. The van der Waals surface area contributed by atoms with Gasteiger partial charge in [0, 0.05) is 6.54 Å². The molecular weight excluding hydrogens is 242 g/mol. The average molecular weight is 257 g/mol. The van der Waals surface area contributed by atoms with E-state index in [0.717, 1.165) is 18.3 Å². The van der Waals surface area contributed by atoms with Gasteiger partial charge >= 0.3 is 5.97 Å². The van der Waals surface area contributed by atoms with Gasteiger partial charge in [-0.15, -0.1) is 10.2 Å². The second-order valence-electron chi connectivity index (χ2n) is 4.32. The van der Waals surface area contributed by atoms with Crippen molar-refractivity contribution in [2.75, 3.05) is 5.75 Å². The molecule has 94 valence electrons. The Morgan fingerprint density at radius 3 is 2.82 bits per heavy atom. The van der Waals surface area contributed by atoms with Crippen molar-refractivity contribution in [1.29, 1.82) is 0 Å². The fourth-order valence-corrected chi connectivity index (χ4v) is 2.43. The highest BCUT2D eigenvalue weighted by atomic mass is 32.2. The molecule has 1 aliphatic rings. The van der Waals surface area contributed by atoms with E-state index in [-0.39, 0.29) is 12.4 Å². The highest BCUT2D eigenvalue weighted by Crippen LogP contribution is 2.39. The van der Waals surface area contributed by atoms with Crippen LogP contribution in [-0.4, -0.2) is 36.7 Å². The van der Waals surface area contributed by atoms with Gasteiger partial charge in [-0.05, 0) is 18.3 Å². The largest absolute Gasteiger partial charge is 0.481 e. The molecule has 1 aromatic heterocycles. The maximum atomic E-state index is 10.5. The van der Waals surface area contributed by atoms with Crippen molar-refractivity contribution >= 4 is 17.7 Å². The van der Waals surface area contributed by atoms with Crippen LogP contribution in [0.1, 0.15) is 19.2 Å². The zero-order chi connectivity index (χ0) is 12.4. The summed E-state index contributed by atoms with van der Waals surface area (Å²) >= 11 is 1.14. The van der Waals surface area contributed by atoms with E-state index in [1.165, 1.54) is 6.42 Å². The van der Waals surface area contributed by atoms with Crippen molar-refractivity contribution in [3.05, 3.63) is 5.82 Å². The third-order valence-electron chi connectivity index (χ3n) is 2.95. The first kappa shape index (κ1) is 12.4. The van der Waals surface area contributed by atoms with Gasteiger partial charge in [-0.1, -0.05) is 18.7 Å². The molecule has 2 unspecified atom stereocenters.